The molecule has 0 aliphatic rings. The molecule has 0 aliphatic heterocycles. The van der Waals surface area contributed by atoms with Gasteiger partial charge >= 0.3 is 12.9 Å². The average molecular weight is 248 g/mol. The van der Waals surface area contributed by atoms with Crippen LogP contribution in [0.1, 0.15) is 11.1 Å². The quantitative estimate of drug-likeness (QED) is 0.551. The summed E-state index contributed by atoms with van der Waals surface area (Å²) in [4.78, 5) is 0. The van der Waals surface area contributed by atoms with Gasteiger partial charge in [-0.15, -0.1) is 0 Å². The van der Waals surface area contributed by atoms with Crippen LogP contribution in [0.25, 0.3) is 0 Å². The number of benzene rings is 1. The van der Waals surface area contributed by atoms with Crippen molar-refractivity contribution in [2.24, 2.45) is 0 Å². The van der Waals surface area contributed by atoms with Gasteiger partial charge in [-0.05, 0) is 0 Å². The van der Waals surface area contributed by atoms with Crippen LogP contribution in [0.2, 0.25) is 0 Å². The molecule has 0 bridgehead atoms. The van der Waals surface area contributed by atoms with Gasteiger partial charge in [0.25, 0.3) is 0 Å². The summed E-state index contributed by atoms with van der Waals surface area (Å²) in [5, 5.41) is 0. The second-order valence-corrected chi connectivity index (χ2v) is 2.53. The largest absolute Gasteiger partial charge is 0.345 e. The Bertz CT molecular complexity index is 343. The molecule has 0 amide bonds. The molecular formula is C8F8. The Labute approximate surface area is 83.5 Å². The molecule has 2 radical (unpaired) electrons. The normalized spacial score (nSPS) is 11.6. The first-order valence-electron chi connectivity index (χ1n) is 3.51. The van der Waals surface area contributed by atoms with E-state index in [1.54, 1.807) is 0 Å². The van der Waals surface area contributed by atoms with Crippen molar-refractivity contribution in [3.8, 4) is 0 Å². The van der Waals surface area contributed by atoms with Gasteiger partial charge in [0.05, 0.1) is 0 Å². The van der Waals surface area contributed by atoms with Gasteiger partial charge in [0, 0.05) is 0 Å². The molecule has 1 aromatic carbocycles. The van der Waals surface area contributed by atoms with E-state index in [0.717, 1.165) is 0 Å². The first-order valence-corrected chi connectivity index (χ1v) is 3.51. The minimum absolute atomic E-state index is 2.29. The van der Waals surface area contributed by atoms with Gasteiger partial charge in [-0.25, -0.2) is 17.6 Å². The highest BCUT2D eigenvalue weighted by atomic mass is 19.3. The van der Waals surface area contributed by atoms with E-state index in [4.69, 9.17) is 0 Å². The fraction of sp³-hybridized carbons (Fsp3) is 0. The lowest BCUT2D eigenvalue weighted by atomic mass is 10.1. The van der Waals surface area contributed by atoms with Crippen molar-refractivity contribution in [1.82, 2.24) is 0 Å². The summed E-state index contributed by atoms with van der Waals surface area (Å²) in [5.41, 5.74) is -4.58. The third-order valence-corrected chi connectivity index (χ3v) is 1.64. The Morgan fingerprint density at radius 1 is 0.500 bits per heavy atom. The summed E-state index contributed by atoms with van der Waals surface area (Å²) in [5.74, 6) is -10.3. The van der Waals surface area contributed by atoms with E-state index in [1.165, 1.54) is 0 Å². The molecule has 1 rings (SSSR count). The van der Waals surface area contributed by atoms with Gasteiger partial charge < -0.3 is 0 Å². The summed E-state index contributed by atoms with van der Waals surface area (Å²) >= 11 is 0. The predicted octanol–water partition coefficient (Wildman–Crippen LogP) is 3.80. The van der Waals surface area contributed by atoms with E-state index in [1.807, 2.05) is 0 Å². The molecule has 0 aromatic heterocycles. The Morgan fingerprint density at radius 3 is 0.812 bits per heavy atom. The standard InChI is InChI=1S/C8F8/c9-3-1(7(13)14)4(10)6(12)2(5(3)11)8(15)16. The maximum Gasteiger partial charge on any atom is 0.345 e. The summed E-state index contributed by atoms with van der Waals surface area (Å²) in [6.45, 7) is 0. The van der Waals surface area contributed by atoms with Gasteiger partial charge in [-0.1, -0.05) is 0 Å². The van der Waals surface area contributed by atoms with Gasteiger partial charge in [0.2, 0.25) is 0 Å². The smallest absolute Gasteiger partial charge is 0.203 e. The maximum atomic E-state index is 12.7. The minimum atomic E-state index is -3.06. The van der Waals surface area contributed by atoms with Crippen LogP contribution < -0.4 is 0 Å². The summed E-state index contributed by atoms with van der Waals surface area (Å²) in [6.07, 6.45) is -6.11. The molecule has 1 aromatic rings. The summed E-state index contributed by atoms with van der Waals surface area (Å²) < 4.78 is 98.3. The second-order valence-electron chi connectivity index (χ2n) is 2.53. The molecule has 8 heteroatoms. The molecule has 0 nitrogen and oxygen atoms in total. The van der Waals surface area contributed by atoms with Gasteiger partial charge in [-0.3, -0.25) is 0 Å². The molecule has 0 unspecified atom stereocenters. The molecule has 0 atom stereocenters. The number of hydrogen-bond donors (Lipinski definition) is 0. The van der Waals surface area contributed by atoms with E-state index in [-0.39, 0.29) is 0 Å². The van der Waals surface area contributed by atoms with Gasteiger partial charge in [0.15, 0.2) is 23.3 Å². The molecule has 0 heterocycles. The highest BCUT2D eigenvalue weighted by molar-refractivity contribution is 5.38. The monoisotopic (exact) mass is 248 g/mol. The first kappa shape index (κ1) is 12.7. The van der Waals surface area contributed by atoms with Gasteiger partial charge in [0.1, 0.15) is 11.1 Å². The number of halogens is 8. The Balaban J connectivity index is 3.63. The highest BCUT2D eigenvalue weighted by Gasteiger charge is 2.35. The SMILES string of the molecule is F[C](F)c1c(F)c(F)c([C](F)F)c(F)c1F. The third kappa shape index (κ3) is 1.83. The minimum Gasteiger partial charge on any atom is -0.203 e. The van der Waals surface area contributed by atoms with E-state index in [9.17, 15) is 35.1 Å². The van der Waals surface area contributed by atoms with Crippen LogP contribution in [0.5, 0.6) is 0 Å². The highest BCUT2D eigenvalue weighted by Crippen LogP contribution is 2.34. The van der Waals surface area contributed by atoms with Crippen molar-refractivity contribution in [3.63, 3.8) is 0 Å². The summed E-state index contributed by atoms with van der Waals surface area (Å²) in [6, 6.07) is 0. The number of hydrogen-bond acceptors (Lipinski definition) is 0. The Kier molecular flexibility index (Phi) is 3.39. The van der Waals surface area contributed by atoms with E-state index in [0.29, 0.717) is 0 Å². The maximum absolute atomic E-state index is 12.7. The van der Waals surface area contributed by atoms with Crippen LogP contribution >= 0.6 is 0 Å². The van der Waals surface area contributed by atoms with Gasteiger partial charge in [-0.2, -0.15) is 17.6 Å². The van der Waals surface area contributed by atoms with Crippen LogP contribution in [0.4, 0.5) is 35.1 Å². The van der Waals surface area contributed by atoms with Crippen molar-refractivity contribution in [2.75, 3.05) is 0 Å². The summed E-state index contributed by atoms with van der Waals surface area (Å²) in [7, 11) is 0. The molecule has 0 fully saturated rings. The lowest BCUT2D eigenvalue weighted by molar-refractivity contribution is 0.281. The van der Waals surface area contributed by atoms with E-state index < -0.39 is 47.2 Å². The zero-order chi connectivity index (χ0) is 12.6. The van der Waals surface area contributed by atoms with Crippen molar-refractivity contribution >= 4 is 0 Å². The topological polar surface area (TPSA) is 0 Å². The Morgan fingerprint density at radius 2 is 0.688 bits per heavy atom. The van der Waals surface area contributed by atoms with E-state index in [2.05, 4.69) is 0 Å². The van der Waals surface area contributed by atoms with Crippen LogP contribution in [0.15, 0.2) is 0 Å². The zero-order valence-electron chi connectivity index (χ0n) is 7.02. The Hall–Kier alpha value is -1.34. The number of rotatable bonds is 2. The molecule has 0 N–H and O–H groups in total. The average Bonchev–Trinajstić information content (AvgIpc) is 2.14. The lowest BCUT2D eigenvalue weighted by Gasteiger charge is -2.09. The fourth-order valence-corrected chi connectivity index (χ4v) is 0.964. The van der Waals surface area contributed by atoms with Crippen molar-refractivity contribution in [3.05, 3.63) is 47.2 Å². The van der Waals surface area contributed by atoms with Crippen molar-refractivity contribution in [2.45, 2.75) is 0 Å². The molecule has 0 saturated carbocycles. The predicted molar refractivity (Wildman–Crippen MR) is 35.4 cm³/mol. The molecule has 0 spiro atoms. The molecular weight excluding hydrogens is 248 g/mol. The van der Waals surface area contributed by atoms with Crippen LogP contribution in [0.3, 0.4) is 0 Å². The fourth-order valence-electron chi connectivity index (χ4n) is 0.964. The third-order valence-electron chi connectivity index (χ3n) is 1.64. The van der Waals surface area contributed by atoms with Crippen LogP contribution in [0, 0.1) is 36.1 Å². The second kappa shape index (κ2) is 4.26. The zero-order valence-corrected chi connectivity index (χ0v) is 7.02. The molecule has 88 valence electrons. The van der Waals surface area contributed by atoms with Crippen molar-refractivity contribution < 1.29 is 35.1 Å². The molecule has 0 aliphatic carbocycles. The van der Waals surface area contributed by atoms with Crippen molar-refractivity contribution in [1.29, 1.82) is 0 Å². The van der Waals surface area contributed by atoms with Crippen LogP contribution in [-0.4, -0.2) is 0 Å². The molecule has 16 heavy (non-hydrogen) atoms. The lowest BCUT2D eigenvalue weighted by Crippen LogP contribution is -2.10. The van der Waals surface area contributed by atoms with E-state index >= 15 is 0 Å². The van der Waals surface area contributed by atoms with Crippen LogP contribution in [-0.2, 0) is 0 Å². The molecule has 0 saturated heterocycles. The first-order chi connectivity index (χ1) is 7.29.